The number of nitrogens with one attached hydrogen (secondary N) is 2. The van der Waals surface area contributed by atoms with Crippen molar-refractivity contribution in [1.29, 1.82) is 0 Å². The molecule has 0 spiro atoms. The highest BCUT2D eigenvalue weighted by Crippen LogP contribution is 2.25. The number of aromatic amines is 1. The molecule has 0 bridgehead atoms. The van der Waals surface area contributed by atoms with E-state index in [0.29, 0.717) is 16.4 Å². The smallest absolute Gasteiger partial charge is 0.258 e. The fourth-order valence-electron chi connectivity index (χ4n) is 1.87. The van der Waals surface area contributed by atoms with Gasteiger partial charge in [0, 0.05) is 20.6 Å². The summed E-state index contributed by atoms with van der Waals surface area (Å²) < 4.78 is 0.890. The van der Waals surface area contributed by atoms with Gasteiger partial charge in [-0.15, -0.1) is 5.10 Å². The maximum absolute atomic E-state index is 12.1. The molecule has 0 unspecified atom stereocenters. The number of aromatic nitrogens is 3. The van der Waals surface area contributed by atoms with Crippen molar-refractivity contribution in [3.8, 4) is 11.4 Å². The fourth-order valence-corrected chi connectivity index (χ4v) is 2.46. The normalized spacial score (nSPS) is 10.5. The Morgan fingerprint density at radius 1 is 1.14 bits per heavy atom. The van der Waals surface area contributed by atoms with Gasteiger partial charge in [-0.05, 0) is 30.3 Å². The summed E-state index contributed by atoms with van der Waals surface area (Å²) in [5.74, 6) is 0.485. The molecule has 22 heavy (non-hydrogen) atoms. The van der Waals surface area contributed by atoms with Crippen LogP contribution in [0, 0.1) is 0 Å². The van der Waals surface area contributed by atoms with Crippen LogP contribution in [0.25, 0.3) is 11.4 Å². The summed E-state index contributed by atoms with van der Waals surface area (Å²) in [5, 5.41) is 10.0. The van der Waals surface area contributed by atoms with E-state index in [1.165, 1.54) is 0 Å². The maximum atomic E-state index is 12.1. The van der Waals surface area contributed by atoms with Crippen molar-refractivity contribution in [2.24, 2.45) is 0 Å². The summed E-state index contributed by atoms with van der Waals surface area (Å²) in [6, 6.07) is 14.2. The Kier molecular flexibility index (Phi) is 4.22. The lowest BCUT2D eigenvalue weighted by Gasteiger charge is -2.01. The number of halogens is 2. The summed E-state index contributed by atoms with van der Waals surface area (Å²) >= 11 is 9.25. The van der Waals surface area contributed by atoms with Crippen molar-refractivity contribution in [2.45, 2.75) is 0 Å². The van der Waals surface area contributed by atoms with Gasteiger partial charge in [-0.2, -0.15) is 4.98 Å². The molecule has 0 atom stereocenters. The minimum absolute atomic E-state index is 0.214. The zero-order chi connectivity index (χ0) is 15.5. The van der Waals surface area contributed by atoms with Crippen LogP contribution in [0.15, 0.2) is 53.0 Å². The van der Waals surface area contributed by atoms with Crippen molar-refractivity contribution in [3.05, 3.63) is 63.6 Å². The third-order valence-corrected chi connectivity index (χ3v) is 3.89. The van der Waals surface area contributed by atoms with Gasteiger partial charge < -0.3 is 0 Å². The number of hydrogen-bond donors (Lipinski definition) is 2. The average molecular weight is 378 g/mol. The Labute approximate surface area is 139 Å². The summed E-state index contributed by atoms with van der Waals surface area (Å²) in [4.78, 5) is 16.4. The van der Waals surface area contributed by atoms with E-state index in [1.807, 2.05) is 24.3 Å². The van der Waals surface area contributed by atoms with E-state index in [2.05, 4.69) is 36.4 Å². The van der Waals surface area contributed by atoms with E-state index in [9.17, 15) is 4.79 Å². The van der Waals surface area contributed by atoms with Crippen molar-refractivity contribution in [3.63, 3.8) is 0 Å². The molecule has 3 aromatic rings. The van der Waals surface area contributed by atoms with Crippen LogP contribution in [-0.2, 0) is 0 Å². The average Bonchev–Trinajstić information content (AvgIpc) is 2.96. The third kappa shape index (κ3) is 3.18. The number of benzene rings is 2. The van der Waals surface area contributed by atoms with Gasteiger partial charge in [0.15, 0.2) is 5.82 Å². The highest BCUT2D eigenvalue weighted by molar-refractivity contribution is 9.10. The molecule has 3 rings (SSSR count). The van der Waals surface area contributed by atoms with Crippen molar-refractivity contribution >= 4 is 39.4 Å². The highest BCUT2D eigenvalue weighted by atomic mass is 79.9. The molecule has 0 aliphatic heterocycles. The second kappa shape index (κ2) is 6.29. The van der Waals surface area contributed by atoms with Gasteiger partial charge >= 0.3 is 0 Å². The lowest BCUT2D eigenvalue weighted by Crippen LogP contribution is -2.12. The molecule has 1 amide bonds. The molecular formula is C15H10BrClN4O. The van der Waals surface area contributed by atoms with E-state index in [-0.39, 0.29) is 11.9 Å². The number of hydrogen-bond acceptors (Lipinski definition) is 3. The number of anilines is 1. The lowest BCUT2D eigenvalue weighted by molar-refractivity contribution is 0.102. The molecule has 5 nitrogen and oxygen atoms in total. The Morgan fingerprint density at radius 2 is 1.86 bits per heavy atom. The van der Waals surface area contributed by atoms with E-state index >= 15 is 0 Å². The molecule has 1 heterocycles. The Hall–Kier alpha value is -2.18. The van der Waals surface area contributed by atoms with E-state index in [4.69, 9.17) is 11.6 Å². The van der Waals surface area contributed by atoms with Gasteiger partial charge in [0.2, 0.25) is 5.95 Å². The largest absolute Gasteiger partial charge is 0.289 e. The molecule has 110 valence electrons. The molecule has 0 saturated heterocycles. The molecule has 0 radical (unpaired) electrons. The number of H-pyrrole nitrogens is 1. The Balaban J connectivity index is 1.78. The summed E-state index contributed by atoms with van der Waals surface area (Å²) in [5.41, 5.74) is 1.35. The molecular weight excluding hydrogens is 368 g/mol. The van der Waals surface area contributed by atoms with Gasteiger partial charge in [0.05, 0.1) is 0 Å². The molecule has 7 heteroatoms. The van der Waals surface area contributed by atoms with E-state index in [0.717, 1.165) is 10.0 Å². The first kappa shape index (κ1) is 14.7. The number of rotatable bonds is 3. The van der Waals surface area contributed by atoms with Crippen LogP contribution in [-0.4, -0.2) is 21.1 Å². The first-order valence-electron chi connectivity index (χ1n) is 6.38. The van der Waals surface area contributed by atoms with Crippen LogP contribution >= 0.6 is 27.5 Å². The topological polar surface area (TPSA) is 70.7 Å². The van der Waals surface area contributed by atoms with Crippen LogP contribution in [0.5, 0.6) is 0 Å². The second-order valence-electron chi connectivity index (χ2n) is 4.45. The molecule has 0 aliphatic rings. The fraction of sp³-hybridized carbons (Fsp3) is 0. The van der Waals surface area contributed by atoms with E-state index < -0.39 is 0 Å². The van der Waals surface area contributed by atoms with Gasteiger partial charge in [0.25, 0.3) is 5.91 Å². The van der Waals surface area contributed by atoms with Crippen LogP contribution in [0.4, 0.5) is 5.95 Å². The Bertz CT molecular complexity index is 816. The van der Waals surface area contributed by atoms with Crippen LogP contribution in [0.2, 0.25) is 5.02 Å². The molecule has 0 fully saturated rings. The van der Waals surface area contributed by atoms with Gasteiger partial charge in [0.1, 0.15) is 0 Å². The lowest BCUT2D eigenvalue weighted by atomic mass is 10.2. The van der Waals surface area contributed by atoms with Crippen molar-refractivity contribution in [1.82, 2.24) is 15.2 Å². The highest BCUT2D eigenvalue weighted by Gasteiger charge is 2.12. The van der Waals surface area contributed by atoms with Crippen LogP contribution < -0.4 is 5.32 Å². The molecule has 0 aliphatic carbocycles. The van der Waals surface area contributed by atoms with Crippen LogP contribution in [0.3, 0.4) is 0 Å². The SMILES string of the molecule is O=C(Nc1n[nH]c(-c2ccccc2Br)n1)c1ccc(Cl)cc1. The zero-order valence-electron chi connectivity index (χ0n) is 11.2. The Morgan fingerprint density at radius 3 is 2.59 bits per heavy atom. The first-order chi connectivity index (χ1) is 10.6. The minimum Gasteiger partial charge on any atom is -0.289 e. The summed E-state index contributed by atoms with van der Waals surface area (Å²) in [7, 11) is 0. The van der Waals surface area contributed by atoms with Gasteiger partial charge in [-0.25, -0.2) is 0 Å². The zero-order valence-corrected chi connectivity index (χ0v) is 13.5. The number of nitrogens with zero attached hydrogens (tertiary/aromatic N) is 2. The molecule has 1 aromatic heterocycles. The molecule has 2 N–H and O–H groups in total. The molecule has 2 aromatic carbocycles. The minimum atomic E-state index is -0.297. The number of carbonyl (C=O) groups is 1. The first-order valence-corrected chi connectivity index (χ1v) is 7.55. The monoisotopic (exact) mass is 376 g/mol. The van der Waals surface area contributed by atoms with Crippen LogP contribution in [0.1, 0.15) is 10.4 Å². The third-order valence-electron chi connectivity index (χ3n) is 2.95. The van der Waals surface area contributed by atoms with E-state index in [1.54, 1.807) is 24.3 Å². The van der Waals surface area contributed by atoms with Gasteiger partial charge in [-0.1, -0.05) is 45.7 Å². The summed E-state index contributed by atoms with van der Waals surface area (Å²) in [6.07, 6.45) is 0. The second-order valence-corrected chi connectivity index (χ2v) is 5.74. The van der Waals surface area contributed by atoms with Gasteiger partial charge in [-0.3, -0.25) is 15.2 Å². The molecule has 0 saturated carbocycles. The summed E-state index contributed by atoms with van der Waals surface area (Å²) in [6.45, 7) is 0. The number of carbonyl (C=O) groups excluding carboxylic acids is 1. The standard InChI is InChI=1S/C15H10BrClN4O/c16-12-4-2-1-3-11(12)13-18-15(21-20-13)19-14(22)9-5-7-10(17)8-6-9/h1-8H,(H2,18,19,20,21,22). The predicted octanol–water partition coefficient (Wildman–Crippen LogP) is 4.14. The van der Waals surface area contributed by atoms with Crippen molar-refractivity contribution < 1.29 is 4.79 Å². The quantitative estimate of drug-likeness (QED) is 0.720. The maximum Gasteiger partial charge on any atom is 0.258 e. The predicted molar refractivity (Wildman–Crippen MR) is 88.9 cm³/mol. The van der Waals surface area contributed by atoms with Crippen molar-refractivity contribution in [2.75, 3.05) is 5.32 Å². The number of amides is 1.